The molecular weight excluding hydrogens is 278 g/mol. The largest absolute Gasteiger partial charge is 0.309 e. The molecule has 1 atom stereocenters. The van der Waals surface area contributed by atoms with E-state index in [0.717, 1.165) is 19.4 Å². The molecule has 0 spiro atoms. The van der Waals surface area contributed by atoms with Gasteiger partial charge in [-0.25, -0.2) is 4.98 Å². The Morgan fingerprint density at radius 2 is 2.10 bits per heavy atom. The fraction of sp³-hybridized carbons (Fsp3) is 0.529. The van der Waals surface area contributed by atoms with Gasteiger partial charge in [0.15, 0.2) is 0 Å². The Balaban J connectivity index is 1.87. The summed E-state index contributed by atoms with van der Waals surface area (Å²) in [5.41, 5.74) is 2.93. The van der Waals surface area contributed by atoms with Gasteiger partial charge in [0.25, 0.3) is 0 Å². The number of nitrogens with one attached hydrogen (secondary N) is 1. The van der Waals surface area contributed by atoms with Gasteiger partial charge in [-0.3, -0.25) is 4.98 Å². The average molecular weight is 301 g/mol. The van der Waals surface area contributed by atoms with E-state index < -0.39 is 0 Å². The Morgan fingerprint density at radius 3 is 2.81 bits per heavy atom. The van der Waals surface area contributed by atoms with E-state index in [9.17, 15) is 0 Å². The molecule has 21 heavy (non-hydrogen) atoms. The van der Waals surface area contributed by atoms with Crippen LogP contribution in [-0.2, 0) is 12.8 Å². The van der Waals surface area contributed by atoms with Gasteiger partial charge in [0.2, 0.25) is 0 Å². The lowest BCUT2D eigenvalue weighted by atomic mass is 9.76. The zero-order chi connectivity index (χ0) is 14.9. The van der Waals surface area contributed by atoms with E-state index in [1.807, 2.05) is 23.7 Å². The molecule has 0 amide bonds. The summed E-state index contributed by atoms with van der Waals surface area (Å²) < 4.78 is 0. The molecule has 4 heteroatoms. The first-order valence-corrected chi connectivity index (χ1v) is 8.50. The standard InChI is InChI=1S/C17H23N3S/c1-4-19-13-10-17(2,3)11-14-16(13)21-15(20-14)9-12-5-7-18-8-6-12/h5-8,13,19H,4,9-11H2,1-3H3. The Kier molecular flexibility index (Phi) is 4.09. The fourth-order valence-corrected chi connectivity index (χ4v) is 4.34. The van der Waals surface area contributed by atoms with Crippen molar-refractivity contribution in [1.29, 1.82) is 0 Å². The molecule has 1 aliphatic rings. The zero-order valence-electron chi connectivity index (χ0n) is 13.0. The van der Waals surface area contributed by atoms with Crippen LogP contribution in [0.4, 0.5) is 0 Å². The van der Waals surface area contributed by atoms with Crippen LogP contribution in [0.3, 0.4) is 0 Å². The third-order valence-corrected chi connectivity index (χ3v) is 5.26. The summed E-state index contributed by atoms with van der Waals surface area (Å²) in [4.78, 5) is 10.5. The van der Waals surface area contributed by atoms with Crippen LogP contribution in [0.2, 0.25) is 0 Å². The van der Waals surface area contributed by atoms with Crippen molar-refractivity contribution in [3.8, 4) is 0 Å². The maximum absolute atomic E-state index is 4.93. The molecular formula is C17H23N3S. The van der Waals surface area contributed by atoms with Crippen molar-refractivity contribution in [2.45, 2.75) is 46.1 Å². The van der Waals surface area contributed by atoms with Gasteiger partial charge in [0.1, 0.15) is 0 Å². The second kappa shape index (κ2) is 5.85. The second-order valence-corrected chi connectivity index (χ2v) is 7.72. The van der Waals surface area contributed by atoms with Crippen LogP contribution >= 0.6 is 11.3 Å². The minimum atomic E-state index is 0.335. The summed E-state index contributed by atoms with van der Waals surface area (Å²) in [5.74, 6) is 0. The molecule has 1 unspecified atom stereocenters. The van der Waals surface area contributed by atoms with Crippen molar-refractivity contribution < 1.29 is 0 Å². The van der Waals surface area contributed by atoms with Crippen molar-refractivity contribution in [3.05, 3.63) is 45.7 Å². The van der Waals surface area contributed by atoms with Gasteiger partial charge in [-0.15, -0.1) is 11.3 Å². The lowest BCUT2D eigenvalue weighted by Crippen LogP contribution is -2.32. The minimum Gasteiger partial charge on any atom is -0.309 e. The second-order valence-electron chi connectivity index (χ2n) is 6.61. The van der Waals surface area contributed by atoms with Crippen LogP contribution in [0, 0.1) is 5.41 Å². The van der Waals surface area contributed by atoms with Gasteiger partial charge in [-0.2, -0.15) is 0 Å². The Morgan fingerprint density at radius 1 is 1.33 bits per heavy atom. The Bertz CT molecular complexity index is 604. The van der Waals surface area contributed by atoms with E-state index in [2.05, 4.69) is 43.2 Å². The number of hydrogen-bond acceptors (Lipinski definition) is 4. The molecule has 2 aromatic heterocycles. The highest BCUT2D eigenvalue weighted by molar-refractivity contribution is 7.11. The van der Waals surface area contributed by atoms with E-state index in [1.54, 1.807) is 0 Å². The normalized spacial score (nSPS) is 20.2. The summed E-state index contributed by atoms with van der Waals surface area (Å²) in [6.07, 6.45) is 6.92. The predicted molar refractivity (Wildman–Crippen MR) is 87.7 cm³/mol. The molecule has 3 nitrogen and oxygen atoms in total. The predicted octanol–water partition coefficient (Wildman–Crippen LogP) is 3.75. The van der Waals surface area contributed by atoms with E-state index in [-0.39, 0.29) is 0 Å². The topological polar surface area (TPSA) is 37.8 Å². The number of thiazole rings is 1. The molecule has 0 saturated heterocycles. The molecule has 1 aliphatic carbocycles. The highest BCUT2D eigenvalue weighted by Gasteiger charge is 2.34. The zero-order valence-corrected chi connectivity index (χ0v) is 13.8. The van der Waals surface area contributed by atoms with Crippen LogP contribution < -0.4 is 5.32 Å². The Hall–Kier alpha value is -1.26. The van der Waals surface area contributed by atoms with Crippen LogP contribution in [0.25, 0.3) is 0 Å². The third-order valence-electron chi connectivity index (χ3n) is 4.05. The highest BCUT2D eigenvalue weighted by atomic mass is 32.1. The number of rotatable bonds is 4. The van der Waals surface area contributed by atoms with Gasteiger partial charge in [0.05, 0.1) is 10.7 Å². The lowest BCUT2D eigenvalue weighted by Gasteiger charge is -2.34. The van der Waals surface area contributed by atoms with Gasteiger partial charge in [-0.05, 0) is 42.5 Å². The molecule has 2 aromatic rings. The minimum absolute atomic E-state index is 0.335. The summed E-state index contributed by atoms with van der Waals surface area (Å²) in [5, 5.41) is 4.86. The summed E-state index contributed by atoms with van der Waals surface area (Å²) >= 11 is 1.88. The van der Waals surface area contributed by atoms with E-state index in [4.69, 9.17) is 4.98 Å². The molecule has 0 aliphatic heterocycles. The highest BCUT2D eigenvalue weighted by Crippen LogP contribution is 2.43. The third kappa shape index (κ3) is 3.33. The first-order chi connectivity index (χ1) is 10.1. The van der Waals surface area contributed by atoms with Crippen molar-refractivity contribution in [3.63, 3.8) is 0 Å². The molecule has 1 N–H and O–H groups in total. The molecule has 2 heterocycles. The van der Waals surface area contributed by atoms with Gasteiger partial charge >= 0.3 is 0 Å². The van der Waals surface area contributed by atoms with E-state index in [1.165, 1.54) is 27.6 Å². The number of hydrogen-bond donors (Lipinski definition) is 1. The SMILES string of the molecule is CCNC1CC(C)(C)Cc2nc(Cc3ccncc3)sc21. The smallest absolute Gasteiger partial charge is 0.0975 e. The van der Waals surface area contributed by atoms with E-state index in [0.29, 0.717) is 11.5 Å². The first kappa shape index (κ1) is 14.7. The van der Waals surface area contributed by atoms with Gasteiger partial charge in [0, 0.05) is 29.7 Å². The van der Waals surface area contributed by atoms with Crippen molar-refractivity contribution in [2.24, 2.45) is 5.41 Å². The summed E-state index contributed by atoms with van der Waals surface area (Å²) in [6, 6.07) is 4.62. The van der Waals surface area contributed by atoms with Crippen LogP contribution in [-0.4, -0.2) is 16.5 Å². The molecule has 112 valence electrons. The van der Waals surface area contributed by atoms with E-state index >= 15 is 0 Å². The monoisotopic (exact) mass is 301 g/mol. The lowest BCUT2D eigenvalue weighted by molar-refractivity contribution is 0.260. The molecule has 0 radical (unpaired) electrons. The van der Waals surface area contributed by atoms with Crippen LogP contribution in [0.15, 0.2) is 24.5 Å². The molecule has 0 aromatic carbocycles. The molecule has 0 saturated carbocycles. The summed E-state index contributed by atoms with van der Waals surface area (Å²) in [7, 11) is 0. The maximum atomic E-state index is 4.93. The van der Waals surface area contributed by atoms with Crippen molar-refractivity contribution in [1.82, 2.24) is 15.3 Å². The number of nitrogens with zero attached hydrogens (tertiary/aromatic N) is 2. The molecule has 3 rings (SSSR count). The van der Waals surface area contributed by atoms with Gasteiger partial charge < -0.3 is 5.32 Å². The van der Waals surface area contributed by atoms with Crippen LogP contribution in [0.5, 0.6) is 0 Å². The molecule has 0 bridgehead atoms. The summed E-state index contributed by atoms with van der Waals surface area (Å²) in [6.45, 7) is 7.89. The first-order valence-electron chi connectivity index (χ1n) is 7.68. The number of aromatic nitrogens is 2. The van der Waals surface area contributed by atoms with Crippen molar-refractivity contribution in [2.75, 3.05) is 6.54 Å². The molecule has 0 fully saturated rings. The Labute approximate surface area is 130 Å². The number of pyridine rings is 1. The van der Waals surface area contributed by atoms with Crippen molar-refractivity contribution >= 4 is 11.3 Å². The fourth-order valence-electron chi connectivity index (χ4n) is 3.15. The average Bonchev–Trinajstić information content (AvgIpc) is 2.81. The quantitative estimate of drug-likeness (QED) is 0.934. The maximum Gasteiger partial charge on any atom is 0.0975 e. The van der Waals surface area contributed by atoms with Crippen LogP contribution in [0.1, 0.15) is 54.4 Å². The van der Waals surface area contributed by atoms with Gasteiger partial charge in [-0.1, -0.05) is 20.8 Å². The number of fused-ring (bicyclic) bond motifs is 1.